The zero-order chi connectivity index (χ0) is 15.7. The second kappa shape index (κ2) is 6.36. The van der Waals surface area contributed by atoms with E-state index in [0.29, 0.717) is 37.5 Å². The maximum absolute atomic E-state index is 11.4. The Morgan fingerprint density at radius 3 is 1.77 bits per heavy atom. The predicted molar refractivity (Wildman–Crippen MR) is 74.1 cm³/mol. The van der Waals surface area contributed by atoms with Crippen molar-refractivity contribution in [1.29, 1.82) is 0 Å². The number of aliphatic hydroxyl groups is 1. The zero-order valence-electron chi connectivity index (χ0n) is 12.5. The van der Waals surface area contributed by atoms with Crippen LogP contribution in [0.1, 0.15) is 51.4 Å². The zero-order valence-corrected chi connectivity index (χ0v) is 12.5. The summed E-state index contributed by atoms with van der Waals surface area (Å²) in [4.78, 5) is 34.2. The van der Waals surface area contributed by atoms with Crippen LogP contribution in [0.2, 0.25) is 0 Å². The van der Waals surface area contributed by atoms with Crippen LogP contribution >= 0.6 is 0 Å². The Kier molecular flexibility index (Phi) is 4.47. The van der Waals surface area contributed by atoms with Gasteiger partial charge in [-0.3, -0.25) is 14.4 Å². The van der Waals surface area contributed by atoms with E-state index in [2.05, 4.69) is 4.74 Å². The van der Waals surface area contributed by atoms with Gasteiger partial charge in [0.15, 0.2) is 0 Å². The van der Waals surface area contributed by atoms with Gasteiger partial charge in [0.1, 0.15) is 0 Å². The van der Waals surface area contributed by atoms with Gasteiger partial charge in [-0.2, -0.15) is 0 Å². The first-order valence-corrected chi connectivity index (χ1v) is 8.12. The Morgan fingerprint density at radius 1 is 0.727 bits per heavy atom. The van der Waals surface area contributed by atoms with Crippen LogP contribution in [-0.2, 0) is 23.9 Å². The maximum Gasteiger partial charge on any atom is 0.313 e. The molecule has 0 bridgehead atoms. The molecule has 1 aliphatic carbocycles. The minimum atomic E-state index is -0.963. The number of esters is 3. The molecule has 3 aliphatic rings. The summed E-state index contributed by atoms with van der Waals surface area (Å²) in [6, 6.07) is 0. The molecule has 1 N–H and O–H groups in total. The summed E-state index contributed by atoms with van der Waals surface area (Å²) in [6.07, 6.45) is 4.54. The SMILES string of the molecule is O=C1CC(C2CCC(C3CC(=O)OC(O)C3)CC2)CC(=O)O1. The maximum atomic E-state index is 11.4. The van der Waals surface area contributed by atoms with Gasteiger partial charge in [0.25, 0.3) is 0 Å². The minimum absolute atomic E-state index is 0.108. The van der Waals surface area contributed by atoms with Crippen molar-refractivity contribution < 1.29 is 29.0 Å². The number of hydrogen-bond acceptors (Lipinski definition) is 6. The first-order valence-electron chi connectivity index (χ1n) is 8.12. The topological polar surface area (TPSA) is 89.9 Å². The van der Waals surface area contributed by atoms with Crippen LogP contribution in [0.15, 0.2) is 0 Å². The Balaban J connectivity index is 1.53. The molecule has 2 unspecified atom stereocenters. The largest absolute Gasteiger partial charge is 0.436 e. The van der Waals surface area contributed by atoms with E-state index in [4.69, 9.17) is 4.74 Å². The summed E-state index contributed by atoms with van der Waals surface area (Å²) in [7, 11) is 0. The molecule has 2 saturated heterocycles. The van der Waals surface area contributed by atoms with Crippen molar-refractivity contribution in [2.24, 2.45) is 23.7 Å². The monoisotopic (exact) mass is 310 g/mol. The molecule has 6 nitrogen and oxygen atoms in total. The smallest absolute Gasteiger partial charge is 0.313 e. The van der Waals surface area contributed by atoms with Gasteiger partial charge in [-0.1, -0.05) is 0 Å². The van der Waals surface area contributed by atoms with Crippen LogP contribution in [0.5, 0.6) is 0 Å². The lowest BCUT2D eigenvalue weighted by Crippen LogP contribution is -2.36. The Bertz CT molecular complexity index is 449. The lowest BCUT2D eigenvalue weighted by atomic mass is 9.69. The minimum Gasteiger partial charge on any atom is -0.436 e. The Morgan fingerprint density at radius 2 is 1.23 bits per heavy atom. The summed E-state index contributed by atoms with van der Waals surface area (Å²) >= 11 is 0. The fourth-order valence-electron chi connectivity index (χ4n) is 4.30. The number of cyclic esters (lactones) is 3. The molecule has 0 amide bonds. The van der Waals surface area contributed by atoms with Crippen LogP contribution in [-0.4, -0.2) is 29.3 Å². The van der Waals surface area contributed by atoms with Gasteiger partial charge < -0.3 is 14.6 Å². The molecule has 0 aromatic carbocycles. The lowest BCUT2D eigenvalue weighted by Gasteiger charge is -2.39. The van der Waals surface area contributed by atoms with Gasteiger partial charge in [0, 0.05) is 25.7 Å². The molecule has 0 radical (unpaired) electrons. The second-order valence-electron chi connectivity index (χ2n) is 6.83. The van der Waals surface area contributed by atoms with E-state index in [1.165, 1.54) is 0 Å². The summed E-state index contributed by atoms with van der Waals surface area (Å²) in [6.45, 7) is 0. The normalized spacial score (nSPS) is 37.6. The van der Waals surface area contributed by atoms with Crippen molar-refractivity contribution >= 4 is 17.9 Å². The van der Waals surface area contributed by atoms with Crippen molar-refractivity contribution in [2.45, 2.75) is 57.7 Å². The molecule has 2 heterocycles. The fourth-order valence-corrected chi connectivity index (χ4v) is 4.30. The second-order valence-corrected chi connectivity index (χ2v) is 6.83. The van der Waals surface area contributed by atoms with E-state index in [1.807, 2.05) is 0 Å². The predicted octanol–water partition coefficient (Wildman–Crippen LogP) is 1.54. The molecule has 2 aliphatic heterocycles. The number of aliphatic hydroxyl groups excluding tert-OH is 1. The molecule has 2 atom stereocenters. The van der Waals surface area contributed by atoms with Crippen LogP contribution in [0, 0.1) is 23.7 Å². The molecule has 0 aromatic rings. The highest BCUT2D eigenvalue weighted by atomic mass is 16.6. The van der Waals surface area contributed by atoms with E-state index >= 15 is 0 Å². The number of carbonyl (C=O) groups is 3. The van der Waals surface area contributed by atoms with Crippen LogP contribution in [0.4, 0.5) is 0 Å². The van der Waals surface area contributed by atoms with E-state index < -0.39 is 18.2 Å². The van der Waals surface area contributed by atoms with E-state index in [-0.39, 0.29) is 17.8 Å². The highest BCUT2D eigenvalue weighted by Gasteiger charge is 2.38. The van der Waals surface area contributed by atoms with Crippen molar-refractivity contribution in [3.63, 3.8) is 0 Å². The summed E-state index contributed by atoms with van der Waals surface area (Å²) in [5.74, 6) is -0.0141. The molecule has 1 saturated carbocycles. The van der Waals surface area contributed by atoms with Gasteiger partial charge in [-0.25, -0.2) is 0 Å². The molecule has 0 spiro atoms. The van der Waals surface area contributed by atoms with E-state index in [0.717, 1.165) is 25.7 Å². The van der Waals surface area contributed by atoms with Gasteiger partial charge in [-0.05, 0) is 49.4 Å². The van der Waals surface area contributed by atoms with Gasteiger partial charge in [-0.15, -0.1) is 0 Å². The summed E-state index contributed by atoms with van der Waals surface area (Å²) in [5.41, 5.74) is 0. The van der Waals surface area contributed by atoms with Gasteiger partial charge >= 0.3 is 17.9 Å². The highest BCUT2D eigenvalue weighted by molar-refractivity contribution is 5.88. The average Bonchev–Trinajstić information content (AvgIpc) is 2.45. The first kappa shape index (κ1) is 15.5. The third kappa shape index (κ3) is 3.48. The quantitative estimate of drug-likeness (QED) is 0.614. The van der Waals surface area contributed by atoms with Crippen molar-refractivity contribution in [2.75, 3.05) is 0 Å². The molecule has 22 heavy (non-hydrogen) atoms. The molecular formula is C16H22O6. The molecule has 6 heteroatoms. The Hall–Kier alpha value is -1.43. The molecule has 3 fully saturated rings. The lowest BCUT2D eigenvalue weighted by molar-refractivity contribution is -0.184. The standard InChI is InChI=1S/C16H22O6/c17-13-5-11(6-14(18)21-13)9-1-2-10(4-3-9)12-7-15(19)22-16(20)8-12/h9-13,17H,1-8H2. The average molecular weight is 310 g/mol. The van der Waals surface area contributed by atoms with E-state index in [9.17, 15) is 19.5 Å². The van der Waals surface area contributed by atoms with Crippen molar-refractivity contribution in [3.05, 3.63) is 0 Å². The third-order valence-corrected chi connectivity index (χ3v) is 5.44. The number of rotatable bonds is 2. The van der Waals surface area contributed by atoms with Crippen molar-refractivity contribution in [1.82, 2.24) is 0 Å². The third-order valence-electron chi connectivity index (χ3n) is 5.44. The molecule has 0 aromatic heterocycles. The van der Waals surface area contributed by atoms with Crippen molar-refractivity contribution in [3.8, 4) is 0 Å². The highest BCUT2D eigenvalue weighted by Crippen LogP contribution is 2.42. The first-order chi connectivity index (χ1) is 10.5. The fraction of sp³-hybridized carbons (Fsp3) is 0.812. The van der Waals surface area contributed by atoms with Gasteiger partial charge in [0.05, 0.1) is 0 Å². The number of carbonyl (C=O) groups excluding carboxylic acids is 3. The molecular weight excluding hydrogens is 288 g/mol. The summed E-state index contributed by atoms with van der Waals surface area (Å²) < 4.78 is 9.37. The Labute approximate surface area is 129 Å². The number of ether oxygens (including phenoxy) is 2. The van der Waals surface area contributed by atoms with Crippen LogP contribution in [0.25, 0.3) is 0 Å². The number of hydrogen-bond donors (Lipinski definition) is 1. The molecule has 122 valence electrons. The molecule has 3 rings (SSSR count). The van der Waals surface area contributed by atoms with E-state index in [1.54, 1.807) is 0 Å². The van der Waals surface area contributed by atoms with Crippen LogP contribution in [0.3, 0.4) is 0 Å². The summed E-state index contributed by atoms with van der Waals surface area (Å²) in [5, 5.41) is 9.56. The van der Waals surface area contributed by atoms with Gasteiger partial charge in [0.2, 0.25) is 6.29 Å². The van der Waals surface area contributed by atoms with Crippen LogP contribution < -0.4 is 0 Å².